The van der Waals surface area contributed by atoms with E-state index in [1.165, 1.54) is 0 Å². The lowest BCUT2D eigenvalue weighted by Crippen LogP contribution is -2.30. The van der Waals surface area contributed by atoms with Crippen molar-refractivity contribution in [2.24, 2.45) is 0 Å². The Morgan fingerprint density at radius 3 is 2.58 bits per heavy atom. The predicted octanol–water partition coefficient (Wildman–Crippen LogP) is 5.27. The summed E-state index contributed by atoms with van der Waals surface area (Å²) < 4.78 is 3.30. The summed E-state index contributed by atoms with van der Waals surface area (Å²) in [4.78, 5) is 11.1. The second-order valence-corrected chi connectivity index (χ2v) is 8.70. The Balaban J connectivity index is 1.60. The van der Waals surface area contributed by atoms with Gasteiger partial charge in [0.15, 0.2) is 5.11 Å². The van der Waals surface area contributed by atoms with Crippen LogP contribution in [-0.2, 0) is 6.54 Å². The molecule has 1 N–H and O–H groups in total. The number of nitrogens with one attached hydrogen (secondary N) is 1. The number of hydrogen-bond acceptors (Lipinski definition) is 3. The normalized spacial score (nSPS) is 18.2. The standard InChI is InChI=1S/C24H20BrN5S/c25-18-8-10-19(11-9-18)30-23(22(28-24(30)31)20-6-1-2-13-27-20)21-7-4-14-29(21)16-17-5-3-12-26-15-17/h1-15,22-23H,16H2,(H,28,31)/t22-,23-/m1/s1. The number of halogens is 1. The molecule has 0 radical (unpaired) electrons. The number of thiocarbonyl (C=S) groups is 1. The summed E-state index contributed by atoms with van der Waals surface area (Å²) >= 11 is 9.35. The molecule has 154 valence electrons. The second-order valence-electron chi connectivity index (χ2n) is 7.40. The summed E-state index contributed by atoms with van der Waals surface area (Å²) in [6.45, 7) is 0.739. The average molecular weight is 490 g/mol. The molecule has 3 aromatic heterocycles. The molecule has 1 aliphatic rings. The van der Waals surface area contributed by atoms with E-state index in [0.717, 1.165) is 33.7 Å². The topological polar surface area (TPSA) is 46.0 Å². The molecule has 2 atom stereocenters. The van der Waals surface area contributed by atoms with Gasteiger partial charge in [-0.1, -0.05) is 28.1 Å². The zero-order chi connectivity index (χ0) is 21.2. The molecular formula is C24H20BrN5S. The van der Waals surface area contributed by atoms with Gasteiger partial charge in [0.05, 0.1) is 11.7 Å². The molecule has 0 saturated carbocycles. The van der Waals surface area contributed by atoms with Crippen molar-refractivity contribution >= 4 is 38.9 Å². The highest BCUT2D eigenvalue weighted by Crippen LogP contribution is 2.41. The van der Waals surface area contributed by atoms with Gasteiger partial charge >= 0.3 is 0 Å². The van der Waals surface area contributed by atoms with Crippen LogP contribution in [0, 0.1) is 0 Å². The molecule has 0 aliphatic carbocycles. The van der Waals surface area contributed by atoms with E-state index < -0.39 is 0 Å². The SMILES string of the molecule is S=C1N[C@H](c2ccccn2)[C@@H](c2cccn2Cc2cccnc2)N1c1ccc(Br)cc1. The lowest BCUT2D eigenvalue weighted by atomic mass is 10.0. The van der Waals surface area contributed by atoms with Crippen LogP contribution in [0.5, 0.6) is 0 Å². The molecule has 1 saturated heterocycles. The van der Waals surface area contributed by atoms with Crippen molar-refractivity contribution < 1.29 is 0 Å². The highest BCUT2D eigenvalue weighted by atomic mass is 79.9. The van der Waals surface area contributed by atoms with E-state index in [1.807, 2.05) is 48.8 Å². The minimum Gasteiger partial charge on any atom is -0.351 e. The minimum atomic E-state index is -0.0695. The van der Waals surface area contributed by atoms with E-state index in [9.17, 15) is 0 Å². The zero-order valence-electron chi connectivity index (χ0n) is 16.6. The van der Waals surface area contributed by atoms with Crippen LogP contribution in [0.1, 0.15) is 29.0 Å². The van der Waals surface area contributed by atoms with E-state index in [0.29, 0.717) is 5.11 Å². The van der Waals surface area contributed by atoms with E-state index in [2.05, 4.69) is 77.2 Å². The zero-order valence-corrected chi connectivity index (χ0v) is 19.0. The summed E-state index contributed by atoms with van der Waals surface area (Å²) in [5.74, 6) is 0. The molecule has 5 rings (SSSR count). The lowest BCUT2D eigenvalue weighted by molar-refractivity contribution is 0.533. The molecule has 5 nitrogen and oxygen atoms in total. The van der Waals surface area contributed by atoms with Crippen LogP contribution in [-0.4, -0.2) is 19.6 Å². The van der Waals surface area contributed by atoms with Crippen LogP contribution in [0.15, 0.2) is 96.0 Å². The Kier molecular flexibility index (Phi) is 5.53. The first kappa shape index (κ1) is 19.9. The van der Waals surface area contributed by atoms with Gasteiger partial charge in [-0.15, -0.1) is 0 Å². The molecule has 31 heavy (non-hydrogen) atoms. The van der Waals surface area contributed by atoms with Gasteiger partial charge in [0.2, 0.25) is 0 Å². The van der Waals surface area contributed by atoms with Gasteiger partial charge in [-0.25, -0.2) is 0 Å². The second kappa shape index (κ2) is 8.61. The third kappa shape index (κ3) is 3.98. The van der Waals surface area contributed by atoms with Crippen LogP contribution in [0.3, 0.4) is 0 Å². The maximum absolute atomic E-state index is 5.81. The minimum absolute atomic E-state index is 0.0461. The van der Waals surface area contributed by atoms with Crippen LogP contribution in [0.2, 0.25) is 0 Å². The number of nitrogens with zero attached hydrogens (tertiary/aromatic N) is 4. The number of anilines is 1. The fraction of sp³-hybridized carbons (Fsp3) is 0.125. The Morgan fingerprint density at radius 2 is 1.84 bits per heavy atom. The molecule has 7 heteroatoms. The van der Waals surface area contributed by atoms with Gasteiger partial charge in [-0.05, 0) is 72.4 Å². The van der Waals surface area contributed by atoms with Crippen LogP contribution >= 0.6 is 28.1 Å². The van der Waals surface area contributed by atoms with E-state index in [-0.39, 0.29) is 12.1 Å². The molecule has 1 aliphatic heterocycles. The number of aromatic nitrogens is 3. The Morgan fingerprint density at radius 1 is 0.968 bits per heavy atom. The fourth-order valence-electron chi connectivity index (χ4n) is 4.06. The maximum Gasteiger partial charge on any atom is 0.174 e. The van der Waals surface area contributed by atoms with Gasteiger partial charge in [0.25, 0.3) is 0 Å². The number of benzene rings is 1. The van der Waals surface area contributed by atoms with Gasteiger partial charge in [-0.2, -0.15) is 0 Å². The fourth-order valence-corrected chi connectivity index (χ4v) is 4.67. The summed E-state index contributed by atoms with van der Waals surface area (Å²) in [6.07, 6.45) is 7.64. The maximum atomic E-state index is 5.81. The van der Waals surface area contributed by atoms with Crippen molar-refractivity contribution in [2.75, 3.05) is 4.90 Å². The monoisotopic (exact) mass is 489 g/mol. The first-order chi connectivity index (χ1) is 15.2. The van der Waals surface area contributed by atoms with Gasteiger partial charge in [0, 0.05) is 47.2 Å². The molecule has 0 unspecified atom stereocenters. The van der Waals surface area contributed by atoms with Crippen LogP contribution < -0.4 is 10.2 Å². The van der Waals surface area contributed by atoms with Crippen molar-refractivity contribution in [1.29, 1.82) is 0 Å². The molecule has 1 fully saturated rings. The van der Waals surface area contributed by atoms with Gasteiger partial charge in [-0.3, -0.25) is 9.97 Å². The lowest BCUT2D eigenvalue weighted by Gasteiger charge is -2.29. The highest BCUT2D eigenvalue weighted by Gasteiger charge is 2.41. The summed E-state index contributed by atoms with van der Waals surface area (Å²) in [7, 11) is 0. The van der Waals surface area contributed by atoms with Crippen LogP contribution in [0.25, 0.3) is 0 Å². The molecule has 0 spiro atoms. The smallest absolute Gasteiger partial charge is 0.174 e. The molecular weight excluding hydrogens is 470 g/mol. The highest BCUT2D eigenvalue weighted by molar-refractivity contribution is 9.10. The number of hydrogen-bond donors (Lipinski definition) is 1. The quantitative estimate of drug-likeness (QED) is 0.387. The summed E-state index contributed by atoms with van der Waals surface area (Å²) in [5.41, 5.74) is 4.31. The Hall–Kier alpha value is -3.03. The molecule has 0 bridgehead atoms. The van der Waals surface area contributed by atoms with Gasteiger partial charge in [0.1, 0.15) is 6.04 Å². The third-order valence-electron chi connectivity index (χ3n) is 5.45. The van der Waals surface area contributed by atoms with E-state index in [4.69, 9.17) is 12.2 Å². The third-order valence-corrected chi connectivity index (χ3v) is 6.29. The number of rotatable bonds is 5. The number of pyridine rings is 2. The molecule has 0 amide bonds. The molecule has 1 aromatic carbocycles. The summed E-state index contributed by atoms with van der Waals surface area (Å²) in [6, 6.07) is 22.4. The molecule has 4 heterocycles. The van der Waals surface area contributed by atoms with Crippen molar-refractivity contribution in [3.05, 3.63) is 113 Å². The van der Waals surface area contributed by atoms with Crippen molar-refractivity contribution in [2.45, 2.75) is 18.6 Å². The van der Waals surface area contributed by atoms with Crippen molar-refractivity contribution in [3.63, 3.8) is 0 Å². The van der Waals surface area contributed by atoms with E-state index >= 15 is 0 Å². The van der Waals surface area contributed by atoms with Crippen molar-refractivity contribution in [3.8, 4) is 0 Å². The predicted molar refractivity (Wildman–Crippen MR) is 130 cm³/mol. The Labute approximate surface area is 194 Å². The van der Waals surface area contributed by atoms with Gasteiger partial charge < -0.3 is 14.8 Å². The van der Waals surface area contributed by atoms with E-state index in [1.54, 1.807) is 6.20 Å². The first-order valence-corrected chi connectivity index (χ1v) is 11.2. The summed E-state index contributed by atoms with van der Waals surface area (Å²) in [5, 5.41) is 4.21. The van der Waals surface area contributed by atoms with Crippen LogP contribution in [0.4, 0.5) is 5.69 Å². The first-order valence-electron chi connectivity index (χ1n) is 10.0. The average Bonchev–Trinajstić information content (AvgIpc) is 3.39. The van der Waals surface area contributed by atoms with Crippen molar-refractivity contribution in [1.82, 2.24) is 19.9 Å². The molecule has 4 aromatic rings. The largest absolute Gasteiger partial charge is 0.351 e. The Bertz CT molecular complexity index is 1180.